The zero-order chi connectivity index (χ0) is 21.8. The molecule has 0 saturated carbocycles. The average Bonchev–Trinajstić information content (AvgIpc) is 3.46. The number of thiophene rings is 1. The topological polar surface area (TPSA) is 88.6 Å². The summed E-state index contributed by atoms with van der Waals surface area (Å²) in [4.78, 5) is 17.3. The van der Waals surface area contributed by atoms with Crippen LogP contribution in [0.4, 0.5) is 5.69 Å². The normalized spacial score (nSPS) is 15.0. The summed E-state index contributed by atoms with van der Waals surface area (Å²) >= 11 is 3.09. The molecule has 0 spiro atoms. The van der Waals surface area contributed by atoms with Crippen molar-refractivity contribution in [3.05, 3.63) is 46.1 Å². The lowest BCUT2D eigenvalue weighted by Gasteiger charge is -2.26. The molecular formula is C21H23N3O4S3. The number of methoxy groups -OCH3 is 1. The molecule has 3 aromatic rings. The minimum Gasteiger partial charge on any atom is -0.495 e. The number of hydrogen-bond acceptors (Lipinski definition) is 7. The van der Waals surface area contributed by atoms with E-state index in [-0.39, 0.29) is 17.2 Å². The minimum absolute atomic E-state index is 0.0902. The Hall–Kier alpha value is -2.27. The highest BCUT2D eigenvalue weighted by molar-refractivity contribution is 7.89. The van der Waals surface area contributed by atoms with E-state index in [9.17, 15) is 13.2 Å². The summed E-state index contributed by atoms with van der Waals surface area (Å²) in [6, 6.07) is 6.56. The first-order valence-electron chi connectivity index (χ1n) is 9.92. The first-order valence-corrected chi connectivity index (χ1v) is 13.2. The predicted octanol–water partition coefficient (Wildman–Crippen LogP) is 4.24. The van der Waals surface area contributed by atoms with Gasteiger partial charge >= 0.3 is 0 Å². The maximum Gasteiger partial charge on any atom is 0.243 e. The van der Waals surface area contributed by atoms with E-state index in [2.05, 4.69) is 10.3 Å². The molecule has 1 aliphatic heterocycles. The molecule has 1 fully saturated rings. The van der Waals surface area contributed by atoms with Gasteiger partial charge in [0.15, 0.2) is 0 Å². The van der Waals surface area contributed by atoms with Crippen LogP contribution in [0.2, 0.25) is 0 Å². The molecule has 2 aromatic heterocycles. The molecule has 164 valence electrons. The molecule has 0 unspecified atom stereocenters. The van der Waals surface area contributed by atoms with E-state index in [0.717, 1.165) is 29.8 Å². The van der Waals surface area contributed by atoms with E-state index in [1.54, 1.807) is 17.4 Å². The van der Waals surface area contributed by atoms with Gasteiger partial charge in [0.2, 0.25) is 15.9 Å². The standard InChI is InChI=1S/C21H23N3O4S3/c1-28-19-6-5-17(31(26,27)24-8-3-2-4-9-24)12-18(19)23-20(25)11-16-14-30-21(22-16)15-7-10-29-13-15/h5-7,10,12-14H,2-4,8-9,11H2,1H3,(H,23,25). The Bertz CT molecular complexity index is 1150. The second-order valence-electron chi connectivity index (χ2n) is 7.21. The summed E-state index contributed by atoms with van der Waals surface area (Å²) in [5.74, 6) is 0.121. The van der Waals surface area contributed by atoms with Crippen LogP contribution in [0, 0.1) is 0 Å². The highest BCUT2D eigenvalue weighted by atomic mass is 32.2. The predicted molar refractivity (Wildman–Crippen MR) is 123 cm³/mol. The third-order valence-electron chi connectivity index (χ3n) is 5.06. The van der Waals surface area contributed by atoms with Crippen molar-refractivity contribution >= 4 is 44.3 Å². The highest BCUT2D eigenvalue weighted by Crippen LogP contribution is 2.30. The summed E-state index contributed by atoms with van der Waals surface area (Å²) in [6.45, 7) is 1.04. The molecule has 0 radical (unpaired) electrons. The number of thiazole rings is 1. The number of sulfonamides is 1. The lowest BCUT2D eigenvalue weighted by atomic mass is 10.2. The van der Waals surface area contributed by atoms with Gasteiger partial charge in [-0.2, -0.15) is 15.6 Å². The summed E-state index contributed by atoms with van der Waals surface area (Å²) in [7, 11) is -2.13. The number of ether oxygens (including phenoxy) is 1. The number of hydrogen-bond donors (Lipinski definition) is 1. The number of amides is 1. The molecule has 1 N–H and O–H groups in total. The number of anilines is 1. The minimum atomic E-state index is -3.61. The Balaban J connectivity index is 1.50. The number of piperidine rings is 1. The van der Waals surface area contributed by atoms with Crippen molar-refractivity contribution in [2.45, 2.75) is 30.6 Å². The molecule has 3 heterocycles. The van der Waals surface area contributed by atoms with Crippen LogP contribution in [-0.2, 0) is 21.2 Å². The van der Waals surface area contributed by atoms with Crippen molar-refractivity contribution in [1.82, 2.24) is 9.29 Å². The third-order valence-corrected chi connectivity index (χ3v) is 8.58. The summed E-state index contributed by atoms with van der Waals surface area (Å²) in [5, 5.41) is 9.52. The molecule has 7 nitrogen and oxygen atoms in total. The van der Waals surface area contributed by atoms with Gasteiger partial charge in [-0.25, -0.2) is 13.4 Å². The summed E-state index contributed by atoms with van der Waals surface area (Å²) in [6.07, 6.45) is 2.85. The second-order valence-corrected chi connectivity index (χ2v) is 10.8. The van der Waals surface area contributed by atoms with Crippen LogP contribution in [0.5, 0.6) is 5.75 Å². The second kappa shape index (κ2) is 9.47. The molecule has 0 bridgehead atoms. The number of carbonyl (C=O) groups excluding carboxylic acids is 1. The van der Waals surface area contributed by atoms with Gasteiger partial charge in [-0.1, -0.05) is 6.42 Å². The zero-order valence-electron chi connectivity index (χ0n) is 17.0. The first-order chi connectivity index (χ1) is 15.0. The number of nitrogens with one attached hydrogen (secondary N) is 1. The Labute approximate surface area is 189 Å². The molecule has 0 atom stereocenters. The van der Waals surface area contributed by atoms with Crippen molar-refractivity contribution in [2.75, 3.05) is 25.5 Å². The van der Waals surface area contributed by atoms with Gasteiger partial charge in [-0.05, 0) is 42.5 Å². The van der Waals surface area contributed by atoms with Gasteiger partial charge in [-0.15, -0.1) is 11.3 Å². The van der Waals surface area contributed by atoms with E-state index in [4.69, 9.17) is 4.74 Å². The lowest BCUT2D eigenvalue weighted by molar-refractivity contribution is -0.115. The zero-order valence-corrected chi connectivity index (χ0v) is 19.5. The number of nitrogens with zero attached hydrogens (tertiary/aromatic N) is 2. The number of aromatic nitrogens is 1. The Morgan fingerprint density at radius 3 is 2.71 bits per heavy atom. The van der Waals surface area contributed by atoms with Crippen LogP contribution in [0.25, 0.3) is 10.6 Å². The van der Waals surface area contributed by atoms with Crippen molar-refractivity contribution in [3.8, 4) is 16.3 Å². The van der Waals surface area contributed by atoms with E-state index in [1.165, 1.54) is 34.9 Å². The van der Waals surface area contributed by atoms with E-state index in [0.29, 0.717) is 30.2 Å². The smallest absolute Gasteiger partial charge is 0.243 e. The fourth-order valence-electron chi connectivity index (χ4n) is 3.47. The summed E-state index contributed by atoms with van der Waals surface area (Å²) in [5.41, 5.74) is 2.04. The lowest BCUT2D eigenvalue weighted by Crippen LogP contribution is -2.35. The maximum absolute atomic E-state index is 13.0. The van der Waals surface area contributed by atoms with Crippen molar-refractivity contribution in [2.24, 2.45) is 0 Å². The van der Waals surface area contributed by atoms with Gasteiger partial charge in [0.25, 0.3) is 0 Å². The van der Waals surface area contributed by atoms with E-state index in [1.807, 2.05) is 22.2 Å². The molecule has 1 aliphatic rings. The molecule has 10 heteroatoms. The van der Waals surface area contributed by atoms with Crippen LogP contribution < -0.4 is 10.1 Å². The molecular weight excluding hydrogens is 454 g/mol. The average molecular weight is 478 g/mol. The highest BCUT2D eigenvalue weighted by Gasteiger charge is 2.27. The van der Waals surface area contributed by atoms with Gasteiger partial charge < -0.3 is 10.1 Å². The molecule has 4 rings (SSSR count). The van der Waals surface area contributed by atoms with Gasteiger partial charge in [-0.3, -0.25) is 4.79 Å². The van der Waals surface area contributed by atoms with E-state index >= 15 is 0 Å². The van der Waals surface area contributed by atoms with Crippen LogP contribution in [0.15, 0.2) is 45.3 Å². The number of rotatable bonds is 7. The van der Waals surface area contributed by atoms with Gasteiger partial charge in [0, 0.05) is 29.4 Å². The molecule has 0 aliphatic carbocycles. The molecule has 1 aromatic carbocycles. The Kier molecular flexibility index (Phi) is 6.71. The SMILES string of the molecule is COc1ccc(S(=O)(=O)N2CCCCC2)cc1NC(=O)Cc1csc(-c2ccsc2)n1. The van der Waals surface area contributed by atoms with Crippen molar-refractivity contribution in [1.29, 1.82) is 0 Å². The van der Waals surface area contributed by atoms with Crippen LogP contribution >= 0.6 is 22.7 Å². The third kappa shape index (κ3) is 4.98. The fourth-order valence-corrected chi connectivity index (χ4v) is 6.54. The number of carbonyl (C=O) groups is 1. The number of benzene rings is 1. The molecule has 1 amide bonds. The quantitative estimate of drug-likeness (QED) is 0.550. The Morgan fingerprint density at radius 2 is 2.00 bits per heavy atom. The van der Waals surface area contributed by atoms with Gasteiger partial charge in [0.05, 0.1) is 29.8 Å². The maximum atomic E-state index is 13.0. The van der Waals surface area contributed by atoms with Crippen molar-refractivity contribution in [3.63, 3.8) is 0 Å². The monoisotopic (exact) mass is 477 g/mol. The van der Waals surface area contributed by atoms with Crippen LogP contribution in [-0.4, -0.2) is 43.8 Å². The molecule has 31 heavy (non-hydrogen) atoms. The van der Waals surface area contributed by atoms with Crippen molar-refractivity contribution < 1.29 is 17.9 Å². The molecule has 1 saturated heterocycles. The van der Waals surface area contributed by atoms with Gasteiger partial charge in [0.1, 0.15) is 10.8 Å². The van der Waals surface area contributed by atoms with Crippen LogP contribution in [0.3, 0.4) is 0 Å². The van der Waals surface area contributed by atoms with E-state index < -0.39 is 10.0 Å². The fraction of sp³-hybridized carbons (Fsp3) is 0.333. The largest absolute Gasteiger partial charge is 0.495 e. The summed E-state index contributed by atoms with van der Waals surface area (Å²) < 4.78 is 32.8. The Morgan fingerprint density at radius 1 is 1.19 bits per heavy atom. The van der Waals surface area contributed by atoms with Crippen LogP contribution in [0.1, 0.15) is 25.0 Å². The first kappa shape index (κ1) is 21.9.